The lowest BCUT2D eigenvalue weighted by molar-refractivity contribution is 0.0906. The van der Waals surface area contributed by atoms with Gasteiger partial charge in [-0.3, -0.25) is 0 Å². The Morgan fingerprint density at radius 2 is 1.74 bits per heavy atom. The van der Waals surface area contributed by atoms with E-state index in [4.69, 9.17) is 9.73 Å². The fraction of sp³-hybridized carbons (Fsp3) is 0.409. The van der Waals surface area contributed by atoms with Crippen molar-refractivity contribution in [1.29, 1.82) is 0 Å². The zero-order valence-electron chi connectivity index (χ0n) is 16.0. The van der Waals surface area contributed by atoms with Crippen molar-refractivity contribution in [1.82, 2.24) is 10.2 Å². The highest BCUT2D eigenvalue weighted by molar-refractivity contribution is 14.0. The molecule has 27 heavy (non-hydrogen) atoms. The molecule has 3 rings (SSSR count). The molecule has 0 radical (unpaired) electrons. The lowest BCUT2D eigenvalue weighted by Gasteiger charge is -2.21. The topological polar surface area (TPSA) is 36.9 Å². The largest absolute Gasteiger partial charge is 0.376 e. The number of nitrogens with zero attached hydrogens (tertiary/aromatic N) is 2. The third kappa shape index (κ3) is 7.14. The summed E-state index contributed by atoms with van der Waals surface area (Å²) in [5, 5.41) is 3.43. The molecule has 1 N–H and O–H groups in total. The van der Waals surface area contributed by atoms with Crippen LogP contribution in [0.1, 0.15) is 24.5 Å². The van der Waals surface area contributed by atoms with Crippen molar-refractivity contribution in [3.8, 4) is 0 Å². The van der Waals surface area contributed by atoms with E-state index in [1.54, 1.807) is 0 Å². The Hall–Kier alpha value is -1.60. The number of hydrogen-bond acceptors (Lipinski definition) is 2. The van der Waals surface area contributed by atoms with Gasteiger partial charge in [-0.1, -0.05) is 60.7 Å². The first-order valence-corrected chi connectivity index (χ1v) is 9.54. The Bertz CT molecular complexity index is 678. The quantitative estimate of drug-likeness (QED) is 0.366. The molecule has 4 nitrogen and oxygen atoms in total. The Labute approximate surface area is 180 Å². The van der Waals surface area contributed by atoms with Gasteiger partial charge in [-0.05, 0) is 24.5 Å². The van der Waals surface area contributed by atoms with Gasteiger partial charge in [0.25, 0.3) is 0 Å². The van der Waals surface area contributed by atoms with Crippen molar-refractivity contribution in [3.63, 3.8) is 0 Å². The Balaban J connectivity index is 0.00000261. The van der Waals surface area contributed by atoms with E-state index in [9.17, 15) is 0 Å². The fourth-order valence-corrected chi connectivity index (χ4v) is 3.25. The van der Waals surface area contributed by atoms with Crippen LogP contribution in [0, 0.1) is 5.92 Å². The summed E-state index contributed by atoms with van der Waals surface area (Å²) in [6, 6.07) is 20.8. The molecule has 1 saturated heterocycles. The average Bonchev–Trinajstić information content (AvgIpc) is 3.15. The summed E-state index contributed by atoms with van der Waals surface area (Å²) in [6.07, 6.45) is 1.16. The molecule has 0 aliphatic carbocycles. The molecule has 1 unspecified atom stereocenters. The van der Waals surface area contributed by atoms with Gasteiger partial charge in [0.2, 0.25) is 0 Å². The van der Waals surface area contributed by atoms with Gasteiger partial charge in [-0.25, -0.2) is 4.99 Å². The number of rotatable bonds is 7. The van der Waals surface area contributed by atoms with Crippen LogP contribution >= 0.6 is 24.0 Å². The number of aliphatic imine (C=N–C) groups is 1. The van der Waals surface area contributed by atoms with Crippen molar-refractivity contribution in [2.45, 2.75) is 26.5 Å². The molecule has 5 heteroatoms. The number of halogens is 1. The van der Waals surface area contributed by atoms with Gasteiger partial charge < -0.3 is 15.0 Å². The maximum atomic E-state index is 5.93. The Morgan fingerprint density at radius 3 is 2.41 bits per heavy atom. The minimum atomic E-state index is 0. The maximum absolute atomic E-state index is 5.93. The predicted octanol–water partition coefficient (Wildman–Crippen LogP) is 4.31. The van der Waals surface area contributed by atoms with Crippen LogP contribution < -0.4 is 5.32 Å². The number of nitrogens with one attached hydrogen (secondary N) is 1. The van der Waals surface area contributed by atoms with Crippen molar-refractivity contribution in [2.24, 2.45) is 10.9 Å². The van der Waals surface area contributed by atoms with Crippen LogP contribution in [0.3, 0.4) is 0 Å². The van der Waals surface area contributed by atoms with Crippen LogP contribution in [0.4, 0.5) is 0 Å². The zero-order chi connectivity index (χ0) is 18.0. The molecule has 1 atom stereocenters. The monoisotopic (exact) mass is 479 g/mol. The molecular formula is C22H30IN3O. The second-order valence-electron chi connectivity index (χ2n) is 6.76. The minimum Gasteiger partial charge on any atom is -0.376 e. The van der Waals surface area contributed by atoms with E-state index in [0.29, 0.717) is 12.5 Å². The van der Waals surface area contributed by atoms with Crippen molar-refractivity contribution < 1.29 is 4.74 Å². The molecule has 1 heterocycles. The summed E-state index contributed by atoms with van der Waals surface area (Å²) in [7, 11) is 0. The van der Waals surface area contributed by atoms with Crippen LogP contribution in [0.5, 0.6) is 0 Å². The third-order valence-electron chi connectivity index (χ3n) is 4.64. The number of benzene rings is 2. The van der Waals surface area contributed by atoms with E-state index in [1.807, 2.05) is 12.1 Å². The first kappa shape index (κ1) is 21.7. The lowest BCUT2D eigenvalue weighted by Crippen LogP contribution is -2.40. The maximum Gasteiger partial charge on any atom is 0.194 e. The highest BCUT2D eigenvalue weighted by atomic mass is 127. The van der Waals surface area contributed by atoms with Gasteiger partial charge in [0.15, 0.2) is 5.96 Å². The van der Waals surface area contributed by atoms with Crippen LogP contribution in [0.2, 0.25) is 0 Å². The molecule has 0 amide bonds. The van der Waals surface area contributed by atoms with Gasteiger partial charge in [0.05, 0.1) is 19.8 Å². The van der Waals surface area contributed by atoms with Gasteiger partial charge in [0.1, 0.15) is 0 Å². The van der Waals surface area contributed by atoms with Gasteiger partial charge in [-0.2, -0.15) is 0 Å². The van der Waals surface area contributed by atoms with Gasteiger partial charge in [-0.15, -0.1) is 24.0 Å². The number of ether oxygens (including phenoxy) is 1. The Kier molecular flexibility index (Phi) is 9.62. The number of guanidine groups is 1. The molecule has 0 bridgehead atoms. The van der Waals surface area contributed by atoms with Crippen molar-refractivity contribution in [3.05, 3.63) is 71.8 Å². The van der Waals surface area contributed by atoms with E-state index < -0.39 is 0 Å². The third-order valence-corrected chi connectivity index (χ3v) is 4.64. The molecule has 0 spiro atoms. The lowest BCUT2D eigenvalue weighted by atomic mass is 10.1. The Morgan fingerprint density at radius 1 is 1.07 bits per heavy atom. The van der Waals surface area contributed by atoms with E-state index in [2.05, 4.69) is 65.7 Å². The normalized spacial score (nSPS) is 16.9. The standard InChI is InChI=1S/C22H29N3O.HI/c1-2-23-22(24-15-19-9-5-3-6-10-19)25-14-13-21(16-25)18-26-17-20-11-7-4-8-12-20;/h3-12,21H,2,13-18H2,1H3,(H,23,24);1H. The second kappa shape index (κ2) is 12.0. The summed E-state index contributed by atoms with van der Waals surface area (Å²) < 4.78 is 5.93. The van der Waals surface area contributed by atoms with E-state index in [-0.39, 0.29) is 24.0 Å². The highest BCUT2D eigenvalue weighted by Crippen LogP contribution is 2.17. The molecule has 2 aromatic carbocycles. The smallest absolute Gasteiger partial charge is 0.194 e. The number of likely N-dealkylation sites (tertiary alicyclic amines) is 1. The van der Waals surface area contributed by atoms with Gasteiger partial charge in [0, 0.05) is 25.6 Å². The van der Waals surface area contributed by atoms with E-state index in [1.165, 1.54) is 11.1 Å². The average molecular weight is 479 g/mol. The van der Waals surface area contributed by atoms with Crippen LogP contribution in [-0.4, -0.2) is 37.1 Å². The molecule has 2 aromatic rings. The van der Waals surface area contributed by atoms with Gasteiger partial charge >= 0.3 is 0 Å². The molecular weight excluding hydrogens is 449 g/mol. The summed E-state index contributed by atoms with van der Waals surface area (Å²) in [4.78, 5) is 7.18. The molecule has 146 valence electrons. The number of hydrogen-bond donors (Lipinski definition) is 1. The molecule has 0 saturated carbocycles. The van der Waals surface area contributed by atoms with Crippen LogP contribution in [0.15, 0.2) is 65.7 Å². The van der Waals surface area contributed by atoms with E-state index in [0.717, 1.165) is 45.2 Å². The molecule has 1 aliphatic rings. The van der Waals surface area contributed by atoms with E-state index >= 15 is 0 Å². The first-order chi connectivity index (χ1) is 12.8. The summed E-state index contributed by atoms with van der Waals surface area (Å²) in [5.74, 6) is 1.58. The van der Waals surface area contributed by atoms with Crippen molar-refractivity contribution >= 4 is 29.9 Å². The summed E-state index contributed by atoms with van der Waals surface area (Å²) in [6.45, 7) is 7.28. The molecule has 1 fully saturated rings. The minimum absolute atomic E-state index is 0. The van der Waals surface area contributed by atoms with Crippen LogP contribution in [-0.2, 0) is 17.9 Å². The summed E-state index contributed by atoms with van der Waals surface area (Å²) >= 11 is 0. The fourth-order valence-electron chi connectivity index (χ4n) is 3.25. The van der Waals surface area contributed by atoms with Crippen LogP contribution in [0.25, 0.3) is 0 Å². The highest BCUT2D eigenvalue weighted by Gasteiger charge is 2.24. The molecule has 0 aromatic heterocycles. The van der Waals surface area contributed by atoms with Crippen molar-refractivity contribution in [2.75, 3.05) is 26.2 Å². The SMILES string of the molecule is CCNC(=NCc1ccccc1)N1CCC(COCc2ccccc2)C1.I. The predicted molar refractivity (Wildman–Crippen MR) is 122 cm³/mol. The molecule has 1 aliphatic heterocycles. The summed E-state index contributed by atoms with van der Waals surface area (Å²) in [5.41, 5.74) is 2.48. The zero-order valence-corrected chi connectivity index (χ0v) is 18.3. The second-order valence-corrected chi connectivity index (χ2v) is 6.76. The first-order valence-electron chi connectivity index (χ1n) is 9.54.